The summed E-state index contributed by atoms with van der Waals surface area (Å²) >= 11 is 0. The second-order valence-electron chi connectivity index (χ2n) is 5.95. The second-order valence-corrected chi connectivity index (χ2v) is 5.95. The maximum atomic E-state index is 12.2. The summed E-state index contributed by atoms with van der Waals surface area (Å²) in [5.74, 6) is 1.15. The maximum absolute atomic E-state index is 12.2. The molecule has 1 saturated heterocycles. The van der Waals surface area contributed by atoms with Crippen molar-refractivity contribution in [2.75, 3.05) is 13.3 Å². The zero-order valence-corrected chi connectivity index (χ0v) is 12.8. The van der Waals surface area contributed by atoms with E-state index in [4.69, 9.17) is 9.47 Å². The number of ether oxygens (including phenoxy) is 2. The van der Waals surface area contributed by atoms with E-state index >= 15 is 0 Å². The van der Waals surface area contributed by atoms with Crippen LogP contribution < -0.4 is 14.8 Å². The van der Waals surface area contributed by atoms with Crippen molar-refractivity contribution in [1.82, 2.24) is 10.2 Å². The van der Waals surface area contributed by atoms with E-state index in [0.717, 1.165) is 11.3 Å². The molecule has 2 aliphatic heterocycles. The average molecular weight is 304 g/mol. The highest BCUT2D eigenvalue weighted by molar-refractivity contribution is 5.89. The third-order valence-corrected chi connectivity index (χ3v) is 4.06. The van der Waals surface area contributed by atoms with Gasteiger partial charge in [0.15, 0.2) is 11.5 Å². The molecule has 6 heteroatoms. The van der Waals surface area contributed by atoms with Gasteiger partial charge in [0.05, 0.1) is 5.92 Å². The highest BCUT2D eigenvalue weighted by Gasteiger charge is 2.35. The Balaban J connectivity index is 1.56. The molecule has 0 unspecified atom stereocenters. The Morgan fingerprint density at radius 1 is 1.36 bits per heavy atom. The molecule has 2 aliphatic rings. The van der Waals surface area contributed by atoms with Crippen LogP contribution in [-0.4, -0.2) is 36.1 Å². The van der Waals surface area contributed by atoms with E-state index in [2.05, 4.69) is 5.32 Å². The number of likely N-dealkylation sites (tertiary alicyclic amines) is 1. The molecule has 1 atom stereocenters. The van der Waals surface area contributed by atoms with Crippen LogP contribution in [0.5, 0.6) is 11.5 Å². The SMILES string of the molecule is CC(C)N1C[C@@H](C(=O)NCc2ccc3c(c2)OCO3)CC1=O. The number of nitrogens with one attached hydrogen (secondary N) is 1. The smallest absolute Gasteiger partial charge is 0.231 e. The largest absolute Gasteiger partial charge is 0.454 e. The summed E-state index contributed by atoms with van der Waals surface area (Å²) in [6.07, 6.45) is 0.297. The van der Waals surface area contributed by atoms with Crippen LogP contribution in [0.15, 0.2) is 18.2 Å². The van der Waals surface area contributed by atoms with Crippen molar-refractivity contribution >= 4 is 11.8 Å². The topological polar surface area (TPSA) is 67.9 Å². The van der Waals surface area contributed by atoms with Crippen LogP contribution in [0, 0.1) is 5.92 Å². The molecule has 1 fully saturated rings. The minimum absolute atomic E-state index is 0.0539. The van der Waals surface area contributed by atoms with Gasteiger partial charge < -0.3 is 19.7 Å². The predicted molar refractivity (Wildman–Crippen MR) is 79.4 cm³/mol. The van der Waals surface area contributed by atoms with E-state index in [0.29, 0.717) is 25.3 Å². The molecular weight excluding hydrogens is 284 g/mol. The molecule has 22 heavy (non-hydrogen) atoms. The number of hydrogen-bond acceptors (Lipinski definition) is 4. The molecule has 2 amide bonds. The monoisotopic (exact) mass is 304 g/mol. The molecule has 0 aliphatic carbocycles. The third kappa shape index (κ3) is 2.86. The van der Waals surface area contributed by atoms with Crippen LogP contribution >= 0.6 is 0 Å². The van der Waals surface area contributed by atoms with E-state index in [-0.39, 0.29) is 30.6 Å². The van der Waals surface area contributed by atoms with E-state index in [1.165, 1.54) is 0 Å². The molecule has 0 radical (unpaired) electrons. The van der Waals surface area contributed by atoms with Crippen molar-refractivity contribution in [2.45, 2.75) is 32.9 Å². The van der Waals surface area contributed by atoms with Gasteiger partial charge >= 0.3 is 0 Å². The summed E-state index contributed by atoms with van der Waals surface area (Å²) in [6.45, 7) is 5.08. The highest BCUT2D eigenvalue weighted by atomic mass is 16.7. The Kier molecular flexibility index (Phi) is 3.92. The molecule has 118 valence electrons. The Morgan fingerprint density at radius 3 is 2.86 bits per heavy atom. The van der Waals surface area contributed by atoms with Crippen LogP contribution in [0.4, 0.5) is 0 Å². The molecule has 0 aromatic heterocycles. The molecule has 0 bridgehead atoms. The van der Waals surface area contributed by atoms with Gasteiger partial charge in [0.25, 0.3) is 0 Å². The van der Waals surface area contributed by atoms with Crippen LogP contribution in [0.25, 0.3) is 0 Å². The lowest BCUT2D eigenvalue weighted by Crippen LogP contribution is -2.35. The number of amides is 2. The van der Waals surface area contributed by atoms with Gasteiger partial charge in [-0.2, -0.15) is 0 Å². The first-order valence-corrected chi connectivity index (χ1v) is 7.50. The van der Waals surface area contributed by atoms with Gasteiger partial charge in [-0.05, 0) is 31.5 Å². The first-order chi connectivity index (χ1) is 10.5. The summed E-state index contributed by atoms with van der Waals surface area (Å²) < 4.78 is 10.6. The lowest BCUT2D eigenvalue weighted by Gasteiger charge is -2.20. The molecule has 0 saturated carbocycles. The molecule has 1 N–H and O–H groups in total. The van der Waals surface area contributed by atoms with E-state index in [9.17, 15) is 9.59 Å². The van der Waals surface area contributed by atoms with E-state index < -0.39 is 0 Å². The van der Waals surface area contributed by atoms with Crippen molar-refractivity contribution in [2.24, 2.45) is 5.92 Å². The van der Waals surface area contributed by atoms with Crippen LogP contribution in [0.3, 0.4) is 0 Å². The Morgan fingerprint density at radius 2 is 2.14 bits per heavy atom. The fourth-order valence-electron chi connectivity index (χ4n) is 2.79. The standard InChI is InChI=1S/C16H20N2O4/c1-10(2)18-8-12(6-15(18)19)16(20)17-7-11-3-4-13-14(5-11)22-9-21-13/h3-5,10,12H,6-9H2,1-2H3,(H,17,20)/t12-/m0/s1. The van der Waals surface area contributed by atoms with Crippen molar-refractivity contribution in [3.05, 3.63) is 23.8 Å². The van der Waals surface area contributed by atoms with Crippen LogP contribution in [-0.2, 0) is 16.1 Å². The van der Waals surface area contributed by atoms with Gasteiger partial charge in [0, 0.05) is 25.6 Å². The number of rotatable bonds is 4. The van der Waals surface area contributed by atoms with Crippen molar-refractivity contribution in [3.8, 4) is 11.5 Å². The Bertz CT molecular complexity index is 600. The highest BCUT2D eigenvalue weighted by Crippen LogP contribution is 2.32. The van der Waals surface area contributed by atoms with Gasteiger partial charge in [-0.25, -0.2) is 0 Å². The van der Waals surface area contributed by atoms with Gasteiger partial charge in [-0.3, -0.25) is 9.59 Å². The lowest BCUT2D eigenvalue weighted by molar-refractivity contribution is -0.129. The Hall–Kier alpha value is -2.24. The number of carbonyl (C=O) groups excluding carboxylic acids is 2. The number of fused-ring (bicyclic) bond motifs is 1. The van der Waals surface area contributed by atoms with Crippen LogP contribution in [0.1, 0.15) is 25.8 Å². The van der Waals surface area contributed by atoms with Crippen molar-refractivity contribution < 1.29 is 19.1 Å². The number of benzene rings is 1. The second kappa shape index (κ2) is 5.87. The fraction of sp³-hybridized carbons (Fsp3) is 0.500. The molecule has 6 nitrogen and oxygen atoms in total. The fourth-order valence-corrected chi connectivity index (χ4v) is 2.79. The Labute approximate surface area is 129 Å². The third-order valence-electron chi connectivity index (χ3n) is 4.06. The lowest BCUT2D eigenvalue weighted by atomic mass is 10.1. The summed E-state index contributed by atoms with van der Waals surface area (Å²) in [5, 5.41) is 2.90. The quantitative estimate of drug-likeness (QED) is 0.910. The van der Waals surface area contributed by atoms with Crippen molar-refractivity contribution in [3.63, 3.8) is 0 Å². The number of nitrogens with zero attached hydrogens (tertiary/aromatic N) is 1. The number of hydrogen-bond donors (Lipinski definition) is 1. The molecule has 2 heterocycles. The number of carbonyl (C=O) groups is 2. The summed E-state index contributed by atoms with van der Waals surface area (Å²) in [6, 6.07) is 5.74. The predicted octanol–water partition coefficient (Wildman–Crippen LogP) is 1.29. The van der Waals surface area contributed by atoms with Gasteiger partial charge in [-0.1, -0.05) is 6.07 Å². The van der Waals surface area contributed by atoms with E-state index in [1.54, 1.807) is 4.90 Å². The summed E-state index contributed by atoms with van der Waals surface area (Å²) in [7, 11) is 0. The zero-order valence-electron chi connectivity index (χ0n) is 12.8. The maximum Gasteiger partial charge on any atom is 0.231 e. The molecule has 0 spiro atoms. The first kappa shape index (κ1) is 14.7. The summed E-state index contributed by atoms with van der Waals surface area (Å²) in [4.78, 5) is 25.8. The minimum atomic E-state index is -0.260. The minimum Gasteiger partial charge on any atom is -0.454 e. The van der Waals surface area contributed by atoms with Crippen molar-refractivity contribution in [1.29, 1.82) is 0 Å². The van der Waals surface area contributed by atoms with Gasteiger partial charge in [0.1, 0.15) is 0 Å². The average Bonchev–Trinajstić information content (AvgIpc) is 3.10. The molecule has 1 aromatic rings. The van der Waals surface area contributed by atoms with Crippen LogP contribution in [0.2, 0.25) is 0 Å². The zero-order chi connectivity index (χ0) is 15.7. The molecule has 1 aromatic carbocycles. The van der Waals surface area contributed by atoms with Gasteiger partial charge in [0.2, 0.25) is 18.6 Å². The first-order valence-electron chi connectivity index (χ1n) is 7.50. The van der Waals surface area contributed by atoms with E-state index in [1.807, 2.05) is 32.0 Å². The molecule has 3 rings (SSSR count). The molecular formula is C16H20N2O4. The summed E-state index contributed by atoms with van der Waals surface area (Å²) in [5.41, 5.74) is 0.947. The van der Waals surface area contributed by atoms with Gasteiger partial charge in [-0.15, -0.1) is 0 Å². The normalized spacial score (nSPS) is 19.9.